The number of benzene rings is 3. The molecule has 1 heterocycles. The van der Waals surface area contributed by atoms with Crippen LogP contribution in [0.3, 0.4) is 0 Å². The van der Waals surface area contributed by atoms with Crippen molar-refractivity contribution in [3.63, 3.8) is 0 Å². The topological polar surface area (TPSA) is 15.6 Å². The predicted octanol–water partition coefficient (Wildman–Crippen LogP) is 5.86. The van der Waals surface area contributed by atoms with Crippen molar-refractivity contribution in [1.82, 2.24) is 4.90 Å². The van der Waals surface area contributed by atoms with Crippen LogP contribution in [0.15, 0.2) is 96.0 Å². The van der Waals surface area contributed by atoms with E-state index in [1.54, 1.807) is 0 Å². The maximum Gasteiger partial charge on any atom is 0.132 e. The smallest absolute Gasteiger partial charge is 0.132 e. The fraction of sp³-hybridized carbons (Fsp3) is 0.240. The molecule has 2 nitrogen and oxygen atoms in total. The first-order chi connectivity index (χ1) is 13.2. The van der Waals surface area contributed by atoms with Gasteiger partial charge in [-0.3, -0.25) is 4.99 Å². The van der Waals surface area contributed by atoms with E-state index in [-0.39, 0.29) is 11.6 Å². The average Bonchev–Trinajstić information content (AvgIpc) is 3.03. The van der Waals surface area contributed by atoms with Crippen LogP contribution in [-0.4, -0.2) is 16.3 Å². The van der Waals surface area contributed by atoms with Gasteiger partial charge in [-0.05, 0) is 24.5 Å². The summed E-state index contributed by atoms with van der Waals surface area (Å²) >= 11 is 0. The molecule has 0 amide bonds. The van der Waals surface area contributed by atoms with Crippen molar-refractivity contribution in [2.75, 3.05) is 0 Å². The molecule has 3 aromatic rings. The Kier molecular flexibility index (Phi) is 4.81. The van der Waals surface area contributed by atoms with E-state index in [0.717, 1.165) is 18.8 Å². The Bertz CT molecular complexity index is 903. The van der Waals surface area contributed by atoms with Gasteiger partial charge in [0.25, 0.3) is 0 Å². The molecule has 2 unspecified atom stereocenters. The summed E-state index contributed by atoms with van der Waals surface area (Å²) in [5.74, 6) is 1.10. The van der Waals surface area contributed by atoms with E-state index < -0.39 is 0 Å². The quantitative estimate of drug-likeness (QED) is 0.560. The van der Waals surface area contributed by atoms with Gasteiger partial charge in [0.2, 0.25) is 0 Å². The lowest BCUT2D eigenvalue weighted by atomic mass is 9.85. The van der Waals surface area contributed by atoms with Gasteiger partial charge in [-0.15, -0.1) is 0 Å². The highest BCUT2D eigenvalue weighted by atomic mass is 15.3. The number of aliphatic imine (C=N–C) groups is 1. The van der Waals surface area contributed by atoms with E-state index in [1.165, 1.54) is 16.7 Å². The van der Waals surface area contributed by atoms with E-state index in [1.807, 2.05) is 0 Å². The molecule has 0 saturated carbocycles. The van der Waals surface area contributed by atoms with Gasteiger partial charge >= 0.3 is 0 Å². The van der Waals surface area contributed by atoms with Gasteiger partial charge in [-0.2, -0.15) is 0 Å². The molecule has 136 valence electrons. The zero-order chi connectivity index (χ0) is 18.7. The molecule has 0 spiro atoms. The summed E-state index contributed by atoms with van der Waals surface area (Å²) in [6.45, 7) is 5.39. The van der Waals surface area contributed by atoms with E-state index in [2.05, 4.69) is 110 Å². The average molecular weight is 354 g/mol. The number of rotatable bonds is 5. The zero-order valence-corrected chi connectivity index (χ0v) is 16.0. The maximum atomic E-state index is 5.29. The second-order valence-electron chi connectivity index (χ2n) is 7.44. The van der Waals surface area contributed by atoms with Crippen LogP contribution in [0.25, 0.3) is 0 Å². The van der Waals surface area contributed by atoms with Gasteiger partial charge in [0.15, 0.2) is 0 Å². The summed E-state index contributed by atoms with van der Waals surface area (Å²) in [5, 5.41) is 0. The molecule has 4 rings (SSSR count). The molecule has 0 bridgehead atoms. The van der Waals surface area contributed by atoms with Crippen molar-refractivity contribution in [3.8, 4) is 0 Å². The number of hydrogen-bond donors (Lipinski definition) is 0. The Hall–Kier alpha value is -2.87. The molecule has 3 aromatic carbocycles. The summed E-state index contributed by atoms with van der Waals surface area (Å²) in [4.78, 5) is 7.78. The van der Waals surface area contributed by atoms with Crippen LogP contribution in [0.5, 0.6) is 0 Å². The summed E-state index contributed by atoms with van der Waals surface area (Å²) in [6, 6.07) is 32.3. The molecule has 0 aliphatic carbocycles. The van der Waals surface area contributed by atoms with Crippen LogP contribution in [0, 0.1) is 0 Å². The van der Waals surface area contributed by atoms with Crippen molar-refractivity contribution in [2.24, 2.45) is 4.99 Å². The standard InChI is InChI=1S/C25H26N2/c1-3-25(2)23(21-15-9-5-10-16-21)27(19-20-13-7-4-8-14-20)24(26-25)22-17-11-6-12-18-22/h4-18,23H,3,19H2,1-2H3. The molecular weight excluding hydrogens is 328 g/mol. The first-order valence-electron chi connectivity index (χ1n) is 9.72. The van der Waals surface area contributed by atoms with E-state index >= 15 is 0 Å². The molecule has 1 aliphatic rings. The number of hydrogen-bond acceptors (Lipinski definition) is 2. The normalized spacial score (nSPS) is 21.9. The molecule has 2 atom stereocenters. The van der Waals surface area contributed by atoms with Crippen LogP contribution < -0.4 is 0 Å². The largest absolute Gasteiger partial charge is 0.343 e. The Balaban J connectivity index is 1.82. The van der Waals surface area contributed by atoms with Crippen molar-refractivity contribution >= 4 is 5.84 Å². The number of amidine groups is 1. The van der Waals surface area contributed by atoms with Crippen molar-refractivity contribution < 1.29 is 0 Å². The second-order valence-corrected chi connectivity index (χ2v) is 7.44. The minimum absolute atomic E-state index is 0.151. The molecule has 0 radical (unpaired) electrons. The zero-order valence-electron chi connectivity index (χ0n) is 16.0. The van der Waals surface area contributed by atoms with Gasteiger partial charge in [-0.25, -0.2) is 0 Å². The minimum atomic E-state index is -0.151. The number of nitrogens with zero attached hydrogens (tertiary/aromatic N) is 2. The summed E-state index contributed by atoms with van der Waals surface area (Å²) in [5.41, 5.74) is 3.67. The fourth-order valence-electron chi connectivity index (χ4n) is 4.04. The predicted molar refractivity (Wildman–Crippen MR) is 113 cm³/mol. The minimum Gasteiger partial charge on any atom is -0.343 e. The first kappa shape index (κ1) is 17.5. The third-order valence-electron chi connectivity index (χ3n) is 5.59. The van der Waals surface area contributed by atoms with Crippen molar-refractivity contribution in [1.29, 1.82) is 0 Å². The van der Waals surface area contributed by atoms with Crippen LogP contribution in [0.4, 0.5) is 0 Å². The lowest BCUT2D eigenvalue weighted by Gasteiger charge is -2.36. The van der Waals surface area contributed by atoms with E-state index in [4.69, 9.17) is 4.99 Å². The van der Waals surface area contributed by atoms with Gasteiger partial charge in [0, 0.05) is 12.1 Å². The SMILES string of the molecule is CCC1(C)N=C(c2ccccc2)N(Cc2ccccc2)C1c1ccccc1. The van der Waals surface area contributed by atoms with Crippen LogP contribution in [-0.2, 0) is 6.54 Å². The summed E-state index contributed by atoms with van der Waals surface area (Å²) in [6.07, 6.45) is 0.994. The summed E-state index contributed by atoms with van der Waals surface area (Å²) in [7, 11) is 0. The molecule has 1 aliphatic heterocycles. The van der Waals surface area contributed by atoms with Crippen LogP contribution >= 0.6 is 0 Å². The highest BCUT2D eigenvalue weighted by Gasteiger charge is 2.45. The molecule has 0 aromatic heterocycles. The summed E-state index contributed by atoms with van der Waals surface area (Å²) < 4.78 is 0. The lowest BCUT2D eigenvalue weighted by Crippen LogP contribution is -2.37. The maximum absolute atomic E-state index is 5.29. The Morgan fingerprint density at radius 3 is 1.96 bits per heavy atom. The first-order valence-corrected chi connectivity index (χ1v) is 9.72. The molecule has 0 N–H and O–H groups in total. The Morgan fingerprint density at radius 1 is 0.815 bits per heavy atom. The monoisotopic (exact) mass is 354 g/mol. The third-order valence-corrected chi connectivity index (χ3v) is 5.59. The Morgan fingerprint density at radius 2 is 1.37 bits per heavy atom. The third kappa shape index (κ3) is 3.40. The molecule has 0 saturated heterocycles. The second kappa shape index (κ2) is 7.40. The van der Waals surface area contributed by atoms with Crippen LogP contribution in [0.1, 0.15) is 43.0 Å². The molecule has 27 heavy (non-hydrogen) atoms. The fourth-order valence-corrected chi connectivity index (χ4v) is 4.04. The van der Waals surface area contributed by atoms with Crippen molar-refractivity contribution in [3.05, 3.63) is 108 Å². The van der Waals surface area contributed by atoms with Crippen LogP contribution in [0.2, 0.25) is 0 Å². The molecular formula is C25H26N2. The lowest BCUT2D eigenvalue weighted by molar-refractivity contribution is 0.234. The van der Waals surface area contributed by atoms with E-state index in [9.17, 15) is 0 Å². The molecule has 2 heteroatoms. The Labute approximate surface area is 162 Å². The van der Waals surface area contributed by atoms with Gasteiger partial charge in [-0.1, -0.05) is 97.9 Å². The van der Waals surface area contributed by atoms with Crippen molar-refractivity contribution in [2.45, 2.75) is 38.4 Å². The van der Waals surface area contributed by atoms with Gasteiger partial charge < -0.3 is 4.90 Å². The van der Waals surface area contributed by atoms with E-state index in [0.29, 0.717) is 0 Å². The van der Waals surface area contributed by atoms with Gasteiger partial charge in [0.05, 0.1) is 11.6 Å². The molecule has 0 fully saturated rings. The highest BCUT2D eigenvalue weighted by Crippen LogP contribution is 2.44. The highest BCUT2D eigenvalue weighted by molar-refractivity contribution is 6.00. The van der Waals surface area contributed by atoms with Gasteiger partial charge in [0.1, 0.15) is 5.84 Å².